The zero-order chi connectivity index (χ0) is 14.2. The highest BCUT2D eigenvalue weighted by Crippen LogP contribution is 2.17. The lowest BCUT2D eigenvalue weighted by atomic mass is 10.4. The molecular weight excluding hydrogens is 274 g/mol. The van der Waals surface area contributed by atoms with Crippen molar-refractivity contribution in [2.75, 3.05) is 45.1 Å². The van der Waals surface area contributed by atoms with E-state index in [1.807, 2.05) is 17.0 Å². The summed E-state index contributed by atoms with van der Waals surface area (Å²) in [5, 5.41) is 8.97. The van der Waals surface area contributed by atoms with E-state index < -0.39 is 0 Å². The first-order valence-corrected chi connectivity index (χ1v) is 7.92. The quantitative estimate of drug-likeness (QED) is 0.811. The Morgan fingerprint density at radius 1 is 1.25 bits per heavy atom. The predicted octanol–water partition coefficient (Wildman–Crippen LogP) is 0.700. The Kier molecular flexibility index (Phi) is 6.29. The maximum absolute atomic E-state index is 12.2. The van der Waals surface area contributed by atoms with E-state index in [2.05, 4.69) is 9.88 Å². The number of rotatable bonds is 5. The molecule has 0 aliphatic carbocycles. The molecule has 20 heavy (non-hydrogen) atoms. The number of aliphatic hydroxyl groups excluding tert-OH is 1. The molecule has 1 aromatic rings. The number of hydrogen-bond acceptors (Lipinski definition) is 5. The molecule has 0 atom stereocenters. The van der Waals surface area contributed by atoms with E-state index in [0.29, 0.717) is 12.3 Å². The Morgan fingerprint density at radius 2 is 2.05 bits per heavy atom. The van der Waals surface area contributed by atoms with Gasteiger partial charge in [0, 0.05) is 43.5 Å². The molecule has 0 unspecified atom stereocenters. The number of carbonyl (C=O) groups is 1. The average Bonchev–Trinajstić information content (AvgIpc) is 2.72. The maximum atomic E-state index is 12.2. The van der Waals surface area contributed by atoms with Crippen LogP contribution in [0.2, 0.25) is 0 Å². The molecule has 1 N–H and O–H groups in total. The summed E-state index contributed by atoms with van der Waals surface area (Å²) in [4.78, 5) is 21.4. The maximum Gasteiger partial charge on any atom is 0.232 e. The van der Waals surface area contributed by atoms with Crippen molar-refractivity contribution in [2.24, 2.45) is 0 Å². The number of nitrogens with zero attached hydrogens (tertiary/aromatic N) is 3. The van der Waals surface area contributed by atoms with Crippen molar-refractivity contribution in [1.82, 2.24) is 14.8 Å². The smallest absolute Gasteiger partial charge is 0.232 e. The standard InChI is InChI=1S/C14H21N3O2S/c18-11-10-16-6-1-7-17(9-8-16)14(19)12-20-13-2-4-15-5-3-13/h2-5,18H,1,6-12H2. The van der Waals surface area contributed by atoms with Crippen molar-refractivity contribution in [3.05, 3.63) is 24.5 Å². The van der Waals surface area contributed by atoms with Crippen LogP contribution in [0.25, 0.3) is 0 Å². The van der Waals surface area contributed by atoms with Crippen LogP contribution in [0, 0.1) is 0 Å². The van der Waals surface area contributed by atoms with E-state index in [-0.39, 0.29) is 12.5 Å². The van der Waals surface area contributed by atoms with Crippen LogP contribution in [0.1, 0.15) is 6.42 Å². The first kappa shape index (κ1) is 15.3. The Morgan fingerprint density at radius 3 is 2.80 bits per heavy atom. The highest BCUT2D eigenvalue weighted by atomic mass is 32.2. The van der Waals surface area contributed by atoms with Gasteiger partial charge in [-0.3, -0.25) is 14.7 Å². The zero-order valence-electron chi connectivity index (χ0n) is 11.6. The minimum Gasteiger partial charge on any atom is -0.395 e. The fourth-order valence-corrected chi connectivity index (χ4v) is 3.04. The molecule has 1 fully saturated rings. The molecule has 2 rings (SSSR count). The number of thioether (sulfide) groups is 1. The molecule has 2 heterocycles. The second-order valence-electron chi connectivity index (χ2n) is 4.77. The molecule has 1 aliphatic rings. The SMILES string of the molecule is O=C(CSc1ccncc1)N1CCCN(CCO)CC1. The van der Waals surface area contributed by atoms with Crippen LogP contribution in [0.15, 0.2) is 29.4 Å². The van der Waals surface area contributed by atoms with Crippen LogP contribution in [-0.4, -0.2) is 70.9 Å². The molecule has 1 aliphatic heterocycles. The van der Waals surface area contributed by atoms with E-state index in [1.165, 1.54) is 0 Å². The van der Waals surface area contributed by atoms with Crippen molar-refractivity contribution in [1.29, 1.82) is 0 Å². The second-order valence-corrected chi connectivity index (χ2v) is 5.82. The first-order valence-electron chi connectivity index (χ1n) is 6.93. The molecule has 5 nitrogen and oxygen atoms in total. The summed E-state index contributed by atoms with van der Waals surface area (Å²) in [6, 6.07) is 3.84. The van der Waals surface area contributed by atoms with Gasteiger partial charge in [-0.25, -0.2) is 0 Å². The Hall–Kier alpha value is -1.11. The third-order valence-electron chi connectivity index (χ3n) is 3.37. The minimum absolute atomic E-state index is 0.186. The normalized spacial score (nSPS) is 16.9. The summed E-state index contributed by atoms with van der Waals surface area (Å²) in [6.45, 7) is 4.28. The predicted molar refractivity (Wildman–Crippen MR) is 79.7 cm³/mol. The number of carbonyl (C=O) groups excluding carboxylic acids is 1. The summed E-state index contributed by atoms with van der Waals surface area (Å²) >= 11 is 1.56. The lowest BCUT2D eigenvalue weighted by Gasteiger charge is -2.21. The highest BCUT2D eigenvalue weighted by molar-refractivity contribution is 8.00. The van der Waals surface area contributed by atoms with Crippen molar-refractivity contribution in [3.63, 3.8) is 0 Å². The number of pyridine rings is 1. The topological polar surface area (TPSA) is 56.7 Å². The number of amides is 1. The Labute approximate surface area is 124 Å². The molecular formula is C14H21N3O2S. The number of aliphatic hydroxyl groups is 1. The fourth-order valence-electron chi connectivity index (χ4n) is 2.26. The molecule has 1 aromatic heterocycles. The molecule has 110 valence electrons. The van der Waals surface area contributed by atoms with E-state index in [1.54, 1.807) is 24.2 Å². The molecule has 0 spiro atoms. The van der Waals surface area contributed by atoms with Crippen LogP contribution in [-0.2, 0) is 4.79 Å². The van der Waals surface area contributed by atoms with Gasteiger partial charge in [-0.15, -0.1) is 11.8 Å². The Balaban J connectivity index is 1.77. The largest absolute Gasteiger partial charge is 0.395 e. The van der Waals surface area contributed by atoms with E-state index in [0.717, 1.165) is 37.5 Å². The van der Waals surface area contributed by atoms with E-state index in [4.69, 9.17) is 5.11 Å². The van der Waals surface area contributed by atoms with E-state index in [9.17, 15) is 4.79 Å². The zero-order valence-corrected chi connectivity index (χ0v) is 12.4. The van der Waals surface area contributed by atoms with Crippen molar-refractivity contribution in [2.45, 2.75) is 11.3 Å². The van der Waals surface area contributed by atoms with Gasteiger partial charge >= 0.3 is 0 Å². The number of hydrogen-bond donors (Lipinski definition) is 1. The lowest BCUT2D eigenvalue weighted by Crippen LogP contribution is -2.36. The van der Waals surface area contributed by atoms with Gasteiger partial charge in [0.2, 0.25) is 5.91 Å². The fraction of sp³-hybridized carbons (Fsp3) is 0.571. The number of aromatic nitrogens is 1. The summed E-state index contributed by atoms with van der Waals surface area (Å²) in [7, 11) is 0. The first-order chi connectivity index (χ1) is 9.79. The van der Waals surface area contributed by atoms with Gasteiger partial charge in [-0.1, -0.05) is 0 Å². The van der Waals surface area contributed by atoms with Gasteiger partial charge in [0.05, 0.1) is 12.4 Å². The van der Waals surface area contributed by atoms with Crippen molar-refractivity contribution in [3.8, 4) is 0 Å². The van der Waals surface area contributed by atoms with Gasteiger partial charge in [-0.2, -0.15) is 0 Å². The average molecular weight is 295 g/mol. The molecule has 6 heteroatoms. The van der Waals surface area contributed by atoms with E-state index >= 15 is 0 Å². The third kappa shape index (κ3) is 4.77. The monoisotopic (exact) mass is 295 g/mol. The van der Waals surface area contributed by atoms with Crippen LogP contribution in [0.5, 0.6) is 0 Å². The minimum atomic E-state index is 0.186. The summed E-state index contributed by atoms with van der Waals surface area (Å²) < 4.78 is 0. The molecule has 0 radical (unpaired) electrons. The second kappa shape index (κ2) is 8.24. The molecule has 0 saturated carbocycles. The third-order valence-corrected chi connectivity index (χ3v) is 4.37. The molecule has 1 saturated heterocycles. The summed E-state index contributed by atoms with van der Waals surface area (Å²) in [5.41, 5.74) is 0. The summed E-state index contributed by atoms with van der Waals surface area (Å²) in [5.74, 6) is 0.668. The number of β-amino-alcohol motifs (C(OH)–C–C–N with tert-alkyl or cyclic N) is 1. The van der Waals surface area contributed by atoms with Crippen LogP contribution >= 0.6 is 11.8 Å². The summed E-state index contributed by atoms with van der Waals surface area (Å²) in [6.07, 6.45) is 4.46. The molecule has 1 amide bonds. The van der Waals surface area contributed by atoms with Crippen LogP contribution in [0.3, 0.4) is 0 Å². The van der Waals surface area contributed by atoms with Gasteiger partial charge in [0.1, 0.15) is 0 Å². The van der Waals surface area contributed by atoms with Gasteiger partial charge in [0.15, 0.2) is 0 Å². The van der Waals surface area contributed by atoms with Crippen molar-refractivity contribution < 1.29 is 9.90 Å². The molecule has 0 aromatic carbocycles. The molecule has 0 bridgehead atoms. The van der Waals surface area contributed by atoms with Gasteiger partial charge in [-0.05, 0) is 25.1 Å². The van der Waals surface area contributed by atoms with Gasteiger partial charge < -0.3 is 10.0 Å². The lowest BCUT2D eigenvalue weighted by molar-refractivity contribution is -0.128. The van der Waals surface area contributed by atoms with Gasteiger partial charge in [0.25, 0.3) is 0 Å². The van der Waals surface area contributed by atoms with Crippen LogP contribution in [0.4, 0.5) is 0 Å². The van der Waals surface area contributed by atoms with Crippen LogP contribution < -0.4 is 0 Å². The highest BCUT2D eigenvalue weighted by Gasteiger charge is 2.18. The Bertz CT molecular complexity index is 416. The van der Waals surface area contributed by atoms with Crippen molar-refractivity contribution >= 4 is 17.7 Å².